The summed E-state index contributed by atoms with van der Waals surface area (Å²) in [5, 5.41) is 0.872. The van der Waals surface area contributed by atoms with E-state index >= 15 is 0 Å². The molecule has 1 aliphatic rings. The molecule has 0 bridgehead atoms. The molecular weight excluding hydrogens is 528 g/mol. The Bertz CT molecular complexity index is 1400. The summed E-state index contributed by atoms with van der Waals surface area (Å²) in [6.45, 7) is 0.735. The maximum absolute atomic E-state index is 12.8. The molecule has 0 atom stereocenters. The molecule has 0 aliphatic heterocycles. The molecule has 1 aromatic carbocycles. The Kier molecular flexibility index (Phi) is 7.00. The molecule has 0 unspecified atom stereocenters. The molecule has 0 N–H and O–H groups in total. The zero-order chi connectivity index (χ0) is 26.2. The van der Waals surface area contributed by atoms with Crippen LogP contribution in [0, 0.1) is 5.92 Å². The fourth-order valence-electron chi connectivity index (χ4n) is 3.85. The molecule has 0 spiro atoms. The van der Waals surface area contributed by atoms with Gasteiger partial charge in [-0.3, -0.25) is 4.98 Å². The fraction of sp³-hybridized carbons (Fsp3) is 0.269. The van der Waals surface area contributed by atoms with Gasteiger partial charge in [-0.25, -0.2) is 9.97 Å². The van der Waals surface area contributed by atoms with Gasteiger partial charge in [0.25, 0.3) is 0 Å². The topological polar surface area (TPSA) is 62.1 Å². The van der Waals surface area contributed by atoms with Crippen molar-refractivity contribution in [1.82, 2.24) is 19.5 Å². The van der Waals surface area contributed by atoms with E-state index in [1.54, 1.807) is 30.5 Å². The average Bonchev–Trinajstić information content (AvgIpc) is 3.66. The molecule has 1 aliphatic carbocycles. The summed E-state index contributed by atoms with van der Waals surface area (Å²) in [7, 11) is 1.53. The van der Waals surface area contributed by atoms with E-state index in [1.807, 2.05) is 10.6 Å². The second-order valence-corrected chi connectivity index (χ2v) is 9.43. The third kappa shape index (κ3) is 5.67. The highest BCUT2D eigenvalue weighted by Crippen LogP contribution is 2.41. The molecule has 6 nitrogen and oxygen atoms in total. The van der Waals surface area contributed by atoms with Gasteiger partial charge in [0.2, 0.25) is 0 Å². The van der Waals surface area contributed by atoms with Gasteiger partial charge in [-0.2, -0.15) is 13.2 Å². The molecule has 11 heteroatoms. The van der Waals surface area contributed by atoms with E-state index < -0.39 is 11.7 Å². The maximum Gasteiger partial charge on any atom is 0.417 e. The van der Waals surface area contributed by atoms with Crippen molar-refractivity contribution in [1.29, 1.82) is 0 Å². The number of hydrogen-bond acceptors (Lipinski definition) is 5. The summed E-state index contributed by atoms with van der Waals surface area (Å²) in [6.07, 6.45) is 0.302. The highest BCUT2D eigenvalue weighted by atomic mass is 35.5. The molecule has 0 saturated heterocycles. The van der Waals surface area contributed by atoms with Gasteiger partial charge >= 0.3 is 6.18 Å². The van der Waals surface area contributed by atoms with Gasteiger partial charge in [-0.05, 0) is 55.2 Å². The molecule has 1 fully saturated rings. The maximum atomic E-state index is 12.8. The first-order valence-corrected chi connectivity index (χ1v) is 12.2. The van der Waals surface area contributed by atoms with E-state index in [-0.39, 0.29) is 6.61 Å². The number of imidazole rings is 1. The van der Waals surface area contributed by atoms with Crippen LogP contribution in [0.1, 0.15) is 24.1 Å². The lowest BCUT2D eigenvalue weighted by atomic mass is 10.1. The van der Waals surface area contributed by atoms with Crippen LogP contribution in [0.4, 0.5) is 13.2 Å². The van der Waals surface area contributed by atoms with Crippen LogP contribution in [0.5, 0.6) is 11.5 Å². The highest BCUT2D eigenvalue weighted by Gasteiger charge is 2.31. The lowest BCUT2D eigenvalue weighted by molar-refractivity contribution is -0.137. The molecule has 3 heterocycles. The Labute approximate surface area is 221 Å². The van der Waals surface area contributed by atoms with Crippen LogP contribution in [0.3, 0.4) is 0 Å². The zero-order valence-electron chi connectivity index (χ0n) is 19.6. The number of pyridine rings is 2. The Morgan fingerprint density at radius 3 is 2.46 bits per heavy atom. The molecule has 192 valence electrons. The molecule has 37 heavy (non-hydrogen) atoms. The highest BCUT2D eigenvalue weighted by molar-refractivity contribution is 6.32. The summed E-state index contributed by atoms with van der Waals surface area (Å²) < 4.78 is 51.6. The Balaban J connectivity index is 1.41. The number of rotatable bonds is 8. The summed E-state index contributed by atoms with van der Waals surface area (Å²) in [5.41, 5.74) is 1.57. The second kappa shape index (κ2) is 10.2. The van der Waals surface area contributed by atoms with E-state index in [1.165, 1.54) is 13.2 Å². The smallest absolute Gasteiger partial charge is 0.417 e. The molecule has 1 saturated carbocycles. The standard InChI is InChI=1S/C26H21Cl2F3N4O2/c1-36-21-10-19(37-14-18-6-5-17(12-32-18)26(29,30)31)7-8-20(21)23-24(28)35(13-15-2-3-15)25(34-23)16-4-9-22(27)33-11-16/h4-12,15H,2-3,13-14H2,1H3. The lowest BCUT2D eigenvalue weighted by Crippen LogP contribution is -2.06. The van der Waals surface area contributed by atoms with E-state index in [0.29, 0.717) is 50.5 Å². The van der Waals surface area contributed by atoms with Crippen LogP contribution in [0.25, 0.3) is 22.6 Å². The van der Waals surface area contributed by atoms with Crippen LogP contribution in [-0.2, 0) is 19.3 Å². The summed E-state index contributed by atoms with van der Waals surface area (Å²) in [5.74, 6) is 2.18. The normalized spacial score (nSPS) is 13.6. The fourth-order valence-corrected chi connectivity index (χ4v) is 4.25. The van der Waals surface area contributed by atoms with Crippen LogP contribution in [-0.4, -0.2) is 26.6 Å². The summed E-state index contributed by atoms with van der Waals surface area (Å²) in [6, 6.07) is 11.0. The number of aromatic nitrogens is 4. The number of benzene rings is 1. The van der Waals surface area contributed by atoms with Crippen molar-refractivity contribution in [3.63, 3.8) is 0 Å². The Morgan fingerprint density at radius 1 is 1.03 bits per heavy atom. The SMILES string of the molecule is COc1cc(OCc2ccc(C(F)(F)F)cn2)ccc1-c1nc(-c2ccc(Cl)nc2)n(CC2CC2)c1Cl. The van der Waals surface area contributed by atoms with Gasteiger partial charge in [0, 0.05) is 36.1 Å². The van der Waals surface area contributed by atoms with Crippen molar-refractivity contribution in [3.05, 3.63) is 76.4 Å². The van der Waals surface area contributed by atoms with Crippen LogP contribution in [0.2, 0.25) is 10.3 Å². The average molecular weight is 549 g/mol. The first kappa shape index (κ1) is 25.4. The predicted molar refractivity (Wildman–Crippen MR) is 134 cm³/mol. The molecule has 4 aromatic rings. The second-order valence-electron chi connectivity index (χ2n) is 8.69. The molecule has 0 radical (unpaired) electrons. The monoisotopic (exact) mass is 548 g/mol. The van der Waals surface area contributed by atoms with Crippen LogP contribution >= 0.6 is 23.2 Å². The molecular formula is C26H21Cl2F3N4O2. The van der Waals surface area contributed by atoms with Gasteiger partial charge in [-0.15, -0.1) is 0 Å². The third-order valence-corrected chi connectivity index (χ3v) is 6.60. The van der Waals surface area contributed by atoms with Crippen molar-refractivity contribution in [2.45, 2.75) is 32.2 Å². The van der Waals surface area contributed by atoms with Gasteiger partial charge in [0.15, 0.2) is 0 Å². The van der Waals surface area contributed by atoms with E-state index in [2.05, 4.69) is 9.97 Å². The van der Waals surface area contributed by atoms with E-state index in [9.17, 15) is 13.2 Å². The minimum atomic E-state index is -4.44. The lowest BCUT2D eigenvalue weighted by Gasteiger charge is -2.12. The van der Waals surface area contributed by atoms with Gasteiger partial charge in [0.1, 0.15) is 39.9 Å². The zero-order valence-corrected chi connectivity index (χ0v) is 21.1. The summed E-state index contributed by atoms with van der Waals surface area (Å²) >= 11 is 12.8. The van der Waals surface area contributed by atoms with Crippen molar-refractivity contribution in [3.8, 4) is 34.1 Å². The Morgan fingerprint density at radius 2 is 1.84 bits per heavy atom. The Hall–Kier alpha value is -3.30. The minimum Gasteiger partial charge on any atom is -0.496 e. The molecule has 5 rings (SSSR count). The first-order valence-electron chi connectivity index (χ1n) is 11.4. The van der Waals surface area contributed by atoms with Crippen LogP contribution < -0.4 is 9.47 Å². The minimum absolute atomic E-state index is 0.00880. The number of alkyl halides is 3. The predicted octanol–water partition coefficient (Wildman–Crippen LogP) is 7.33. The molecule has 0 amide bonds. The van der Waals surface area contributed by atoms with Gasteiger partial charge in [0.05, 0.1) is 18.4 Å². The quantitative estimate of drug-likeness (QED) is 0.216. The molecule has 3 aromatic heterocycles. The number of methoxy groups -OCH3 is 1. The number of hydrogen-bond donors (Lipinski definition) is 0. The van der Waals surface area contributed by atoms with Crippen molar-refractivity contribution < 1.29 is 22.6 Å². The van der Waals surface area contributed by atoms with Crippen LogP contribution in [0.15, 0.2) is 54.9 Å². The third-order valence-electron chi connectivity index (χ3n) is 6.00. The first-order chi connectivity index (χ1) is 17.7. The van der Waals surface area contributed by atoms with Crippen molar-refractivity contribution >= 4 is 23.2 Å². The van der Waals surface area contributed by atoms with E-state index in [4.69, 9.17) is 37.7 Å². The number of halogens is 5. The summed E-state index contributed by atoms with van der Waals surface area (Å²) in [4.78, 5) is 12.9. The van der Waals surface area contributed by atoms with E-state index in [0.717, 1.165) is 37.2 Å². The largest absolute Gasteiger partial charge is 0.496 e. The number of nitrogens with zero attached hydrogens (tertiary/aromatic N) is 4. The van der Waals surface area contributed by atoms with Crippen molar-refractivity contribution in [2.75, 3.05) is 7.11 Å². The van der Waals surface area contributed by atoms with Gasteiger partial charge < -0.3 is 14.0 Å². The van der Waals surface area contributed by atoms with Crippen molar-refractivity contribution in [2.24, 2.45) is 5.92 Å². The van der Waals surface area contributed by atoms with Gasteiger partial charge in [-0.1, -0.05) is 23.2 Å². The number of ether oxygens (including phenoxy) is 2.